The van der Waals surface area contributed by atoms with E-state index in [4.69, 9.17) is 10.2 Å². The number of rotatable bonds is 2. The molecule has 4 heteroatoms. The molecular weight excluding hydrogens is 166 g/mol. The Labute approximate surface area is 78.5 Å². The summed E-state index contributed by atoms with van der Waals surface area (Å²) in [6.07, 6.45) is 0. The van der Waals surface area contributed by atoms with Gasteiger partial charge in [-0.05, 0) is 0 Å². The van der Waals surface area contributed by atoms with Crippen molar-refractivity contribution in [2.45, 2.75) is 39.0 Å². The van der Waals surface area contributed by atoms with Crippen molar-refractivity contribution in [3.63, 3.8) is 0 Å². The first-order valence-corrected chi connectivity index (χ1v) is 4.49. The number of hydrogen-bond acceptors (Lipinski definition) is 4. The monoisotopic (exact) mass is 183 g/mol. The lowest BCUT2D eigenvalue weighted by Gasteiger charge is -2.11. The van der Waals surface area contributed by atoms with E-state index in [1.165, 1.54) is 0 Å². The molecule has 0 bridgehead atoms. The smallest absolute Gasteiger partial charge is 0.221 e. The molecule has 0 unspecified atom stereocenters. The van der Waals surface area contributed by atoms with Gasteiger partial charge in [0.05, 0.1) is 0 Å². The molecule has 13 heavy (non-hydrogen) atoms. The summed E-state index contributed by atoms with van der Waals surface area (Å²) in [6, 6.07) is 0. The van der Waals surface area contributed by atoms with Crippen LogP contribution >= 0.6 is 0 Å². The fraction of sp³-hybridized carbons (Fsp3) is 0.778. The van der Waals surface area contributed by atoms with E-state index in [0.717, 1.165) is 0 Å². The van der Waals surface area contributed by atoms with Crippen LogP contribution in [0.5, 0.6) is 0 Å². The van der Waals surface area contributed by atoms with Crippen LogP contribution in [0.2, 0.25) is 0 Å². The van der Waals surface area contributed by atoms with Crippen LogP contribution in [0.3, 0.4) is 0 Å². The predicted molar refractivity (Wildman–Crippen MR) is 50.5 cm³/mol. The van der Waals surface area contributed by atoms with E-state index in [9.17, 15) is 0 Å². The second kappa shape index (κ2) is 3.46. The Bertz CT molecular complexity index is 275. The first-order chi connectivity index (χ1) is 5.95. The third-order valence-corrected chi connectivity index (χ3v) is 1.86. The van der Waals surface area contributed by atoms with E-state index in [-0.39, 0.29) is 11.3 Å². The van der Waals surface area contributed by atoms with Crippen molar-refractivity contribution < 1.29 is 4.42 Å². The van der Waals surface area contributed by atoms with Gasteiger partial charge in [0.2, 0.25) is 11.8 Å². The molecule has 0 aliphatic rings. The van der Waals surface area contributed by atoms with Crippen LogP contribution in [-0.4, -0.2) is 16.7 Å². The highest BCUT2D eigenvalue weighted by Gasteiger charge is 2.22. The Kier molecular flexibility index (Phi) is 2.71. The summed E-state index contributed by atoms with van der Waals surface area (Å²) in [6.45, 7) is 8.62. The Morgan fingerprint density at radius 2 is 2.00 bits per heavy atom. The van der Waals surface area contributed by atoms with E-state index in [1.54, 1.807) is 0 Å². The summed E-state index contributed by atoms with van der Waals surface area (Å²) in [5.74, 6) is 1.44. The second-order valence-corrected chi connectivity index (χ2v) is 4.33. The number of nitrogens with zero attached hydrogens (tertiary/aromatic N) is 2. The maximum Gasteiger partial charge on any atom is 0.221 e. The van der Waals surface area contributed by atoms with E-state index < -0.39 is 0 Å². The molecule has 0 aliphatic heterocycles. The molecule has 1 rings (SSSR count). The Morgan fingerprint density at radius 1 is 1.38 bits per heavy atom. The SMILES string of the molecule is C[C@@H](CN)c1nnc(C(C)(C)C)o1. The molecule has 1 heterocycles. The van der Waals surface area contributed by atoms with Crippen LogP contribution < -0.4 is 5.73 Å². The molecule has 0 saturated carbocycles. The standard InChI is InChI=1S/C9H17N3O/c1-6(5-10)7-11-12-8(13-7)9(2,3)4/h6H,5,10H2,1-4H3/t6-/m0/s1. The van der Waals surface area contributed by atoms with Crippen molar-refractivity contribution in [3.8, 4) is 0 Å². The predicted octanol–water partition coefficient (Wildman–Crippen LogP) is 1.43. The van der Waals surface area contributed by atoms with Gasteiger partial charge in [-0.3, -0.25) is 0 Å². The lowest BCUT2D eigenvalue weighted by Crippen LogP contribution is -2.11. The zero-order chi connectivity index (χ0) is 10.1. The first kappa shape index (κ1) is 10.2. The fourth-order valence-electron chi connectivity index (χ4n) is 0.838. The summed E-state index contributed by atoms with van der Waals surface area (Å²) < 4.78 is 5.50. The average Bonchev–Trinajstić information content (AvgIpc) is 2.50. The van der Waals surface area contributed by atoms with Gasteiger partial charge < -0.3 is 10.2 Å². The molecule has 0 fully saturated rings. The maximum atomic E-state index is 5.50. The molecule has 0 saturated heterocycles. The van der Waals surface area contributed by atoms with E-state index in [1.807, 2.05) is 27.7 Å². The lowest BCUT2D eigenvalue weighted by atomic mass is 9.97. The summed E-state index contributed by atoms with van der Waals surface area (Å²) in [5.41, 5.74) is 5.41. The zero-order valence-corrected chi connectivity index (χ0v) is 8.66. The van der Waals surface area contributed by atoms with E-state index in [0.29, 0.717) is 18.3 Å². The highest BCUT2D eigenvalue weighted by atomic mass is 16.4. The quantitative estimate of drug-likeness (QED) is 0.753. The molecule has 1 atom stereocenters. The minimum absolute atomic E-state index is 0.0838. The molecule has 0 spiro atoms. The largest absolute Gasteiger partial charge is 0.424 e. The van der Waals surface area contributed by atoms with Crippen LogP contribution in [0.15, 0.2) is 4.42 Å². The molecule has 4 nitrogen and oxygen atoms in total. The third-order valence-electron chi connectivity index (χ3n) is 1.86. The molecule has 1 aromatic rings. The molecule has 1 aromatic heterocycles. The number of aromatic nitrogens is 2. The highest BCUT2D eigenvalue weighted by molar-refractivity contribution is 4.98. The third kappa shape index (κ3) is 2.28. The minimum Gasteiger partial charge on any atom is -0.424 e. The van der Waals surface area contributed by atoms with Gasteiger partial charge in [-0.2, -0.15) is 0 Å². The first-order valence-electron chi connectivity index (χ1n) is 4.49. The molecule has 0 radical (unpaired) electrons. The maximum absolute atomic E-state index is 5.50. The highest BCUT2D eigenvalue weighted by Crippen LogP contribution is 2.22. The number of nitrogens with two attached hydrogens (primary N) is 1. The van der Waals surface area contributed by atoms with Gasteiger partial charge in [0, 0.05) is 17.9 Å². The van der Waals surface area contributed by atoms with Crippen molar-refractivity contribution in [1.29, 1.82) is 0 Å². The molecule has 0 aliphatic carbocycles. The van der Waals surface area contributed by atoms with Crippen LogP contribution in [-0.2, 0) is 5.41 Å². The van der Waals surface area contributed by atoms with E-state index in [2.05, 4.69) is 10.2 Å². The van der Waals surface area contributed by atoms with Crippen LogP contribution in [0.25, 0.3) is 0 Å². The van der Waals surface area contributed by atoms with Crippen molar-refractivity contribution in [2.75, 3.05) is 6.54 Å². The van der Waals surface area contributed by atoms with Gasteiger partial charge in [-0.25, -0.2) is 0 Å². The van der Waals surface area contributed by atoms with E-state index >= 15 is 0 Å². The van der Waals surface area contributed by atoms with Crippen molar-refractivity contribution in [1.82, 2.24) is 10.2 Å². The van der Waals surface area contributed by atoms with Gasteiger partial charge in [-0.1, -0.05) is 27.7 Å². The van der Waals surface area contributed by atoms with Gasteiger partial charge >= 0.3 is 0 Å². The lowest BCUT2D eigenvalue weighted by molar-refractivity contribution is 0.360. The Balaban J connectivity index is 2.87. The van der Waals surface area contributed by atoms with Gasteiger partial charge in [0.1, 0.15) is 0 Å². The summed E-state index contributed by atoms with van der Waals surface area (Å²) in [5, 5.41) is 7.94. The Morgan fingerprint density at radius 3 is 2.38 bits per heavy atom. The second-order valence-electron chi connectivity index (χ2n) is 4.33. The van der Waals surface area contributed by atoms with Crippen LogP contribution in [0.4, 0.5) is 0 Å². The fourth-order valence-corrected chi connectivity index (χ4v) is 0.838. The molecule has 74 valence electrons. The Hall–Kier alpha value is -0.900. The molecule has 2 N–H and O–H groups in total. The van der Waals surface area contributed by atoms with Gasteiger partial charge in [0.15, 0.2) is 0 Å². The van der Waals surface area contributed by atoms with Crippen molar-refractivity contribution in [2.24, 2.45) is 5.73 Å². The van der Waals surface area contributed by atoms with Gasteiger partial charge in [0.25, 0.3) is 0 Å². The molecule has 0 amide bonds. The summed E-state index contributed by atoms with van der Waals surface area (Å²) >= 11 is 0. The topological polar surface area (TPSA) is 64.9 Å². The zero-order valence-electron chi connectivity index (χ0n) is 8.66. The van der Waals surface area contributed by atoms with Crippen LogP contribution in [0, 0.1) is 0 Å². The van der Waals surface area contributed by atoms with Crippen molar-refractivity contribution in [3.05, 3.63) is 11.8 Å². The normalized spacial score (nSPS) is 14.5. The van der Waals surface area contributed by atoms with Crippen molar-refractivity contribution >= 4 is 0 Å². The minimum atomic E-state index is -0.0838. The number of hydrogen-bond donors (Lipinski definition) is 1. The average molecular weight is 183 g/mol. The van der Waals surface area contributed by atoms with Gasteiger partial charge in [-0.15, -0.1) is 10.2 Å². The van der Waals surface area contributed by atoms with Crippen LogP contribution in [0.1, 0.15) is 45.4 Å². The molecular formula is C9H17N3O. The summed E-state index contributed by atoms with van der Waals surface area (Å²) in [7, 11) is 0. The summed E-state index contributed by atoms with van der Waals surface area (Å²) in [4.78, 5) is 0. The molecule has 0 aromatic carbocycles.